The molecule has 26 heavy (non-hydrogen) atoms. The van der Waals surface area contributed by atoms with Crippen LogP contribution in [0.1, 0.15) is 97.8 Å². The molecule has 0 saturated heterocycles. The molecule has 1 unspecified atom stereocenters. The van der Waals surface area contributed by atoms with Gasteiger partial charge in [-0.3, -0.25) is 9.59 Å². The van der Waals surface area contributed by atoms with Crippen LogP contribution in [-0.2, 0) is 9.59 Å². The Labute approximate surface area is 161 Å². The molecule has 4 heteroatoms. The molecular weight excluding hydrogens is 326 g/mol. The second-order valence-corrected chi connectivity index (χ2v) is 7.12. The number of carbonyl (C=O) groups is 2. The van der Waals surface area contributed by atoms with E-state index in [1.165, 1.54) is 38.5 Å². The fourth-order valence-corrected chi connectivity index (χ4v) is 3.25. The van der Waals surface area contributed by atoms with Crippen LogP contribution < -0.4 is 0 Å². The van der Waals surface area contributed by atoms with Gasteiger partial charge in [0.2, 0.25) is 5.91 Å². The SMILES string of the molecule is CCCCCCCC/C=C/CCCCC(CC(=O)O)C(=O)N(CC)CC. The molecule has 0 aliphatic carbocycles. The highest BCUT2D eigenvalue weighted by atomic mass is 16.4. The second kappa shape index (κ2) is 17.1. The van der Waals surface area contributed by atoms with Gasteiger partial charge in [-0.1, -0.05) is 57.6 Å². The van der Waals surface area contributed by atoms with Crippen molar-refractivity contribution >= 4 is 11.9 Å². The molecular formula is C22H41NO3. The summed E-state index contributed by atoms with van der Waals surface area (Å²) in [6, 6.07) is 0. The molecule has 0 aliphatic rings. The van der Waals surface area contributed by atoms with Crippen LogP contribution in [0.3, 0.4) is 0 Å². The minimum atomic E-state index is -0.880. The minimum absolute atomic E-state index is 0.00369. The number of carboxylic acids is 1. The number of rotatable bonds is 17. The lowest BCUT2D eigenvalue weighted by Gasteiger charge is -2.24. The zero-order chi connectivity index (χ0) is 19.6. The highest BCUT2D eigenvalue weighted by Crippen LogP contribution is 2.17. The third kappa shape index (κ3) is 13.0. The molecule has 1 atom stereocenters. The first-order chi connectivity index (χ1) is 12.6. The zero-order valence-electron chi connectivity index (χ0n) is 17.3. The van der Waals surface area contributed by atoms with Crippen molar-refractivity contribution < 1.29 is 14.7 Å². The summed E-state index contributed by atoms with van der Waals surface area (Å²) in [6.07, 6.45) is 17.2. The molecule has 0 fully saturated rings. The van der Waals surface area contributed by atoms with Crippen molar-refractivity contribution in [1.29, 1.82) is 0 Å². The van der Waals surface area contributed by atoms with E-state index in [0.29, 0.717) is 19.5 Å². The van der Waals surface area contributed by atoms with Gasteiger partial charge in [0.1, 0.15) is 0 Å². The zero-order valence-corrected chi connectivity index (χ0v) is 17.3. The van der Waals surface area contributed by atoms with Crippen LogP contribution in [0.25, 0.3) is 0 Å². The van der Waals surface area contributed by atoms with E-state index in [9.17, 15) is 9.59 Å². The predicted molar refractivity (Wildman–Crippen MR) is 109 cm³/mol. The fourth-order valence-electron chi connectivity index (χ4n) is 3.25. The molecule has 1 N–H and O–H groups in total. The minimum Gasteiger partial charge on any atom is -0.481 e. The van der Waals surface area contributed by atoms with Crippen LogP contribution in [-0.4, -0.2) is 35.0 Å². The number of allylic oxidation sites excluding steroid dienone is 2. The van der Waals surface area contributed by atoms with Crippen molar-refractivity contribution in [3.8, 4) is 0 Å². The topological polar surface area (TPSA) is 57.6 Å². The van der Waals surface area contributed by atoms with E-state index in [0.717, 1.165) is 25.7 Å². The Balaban J connectivity index is 3.92. The summed E-state index contributed by atoms with van der Waals surface area (Å²) in [7, 11) is 0. The number of nitrogens with zero attached hydrogens (tertiary/aromatic N) is 1. The summed E-state index contributed by atoms with van der Waals surface area (Å²) < 4.78 is 0. The first kappa shape index (κ1) is 24.7. The first-order valence-electron chi connectivity index (χ1n) is 10.7. The highest BCUT2D eigenvalue weighted by Gasteiger charge is 2.24. The van der Waals surface area contributed by atoms with Gasteiger partial charge in [-0.05, 0) is 46.0 Å². The van der Waals surface area contributed by atoms with Crippen LogP contribution in [0.5, 0.6) is 0 Å². The average molecular weight is 368 g/mol. The van der Waals surface area contributed by atoms with E-state index in [-0.39, 0.29) is 18.2 Å². The lowest BCUT2D eigenvalue weighted by Crippen LogP contribution is -2.36. The summed E-state index contributed by atoms with van der Waals surface area (Å²) in [5, 5.41) is 9.07. The second-order valence-electron chi connectivity index (χ2n) is 7.12. The number of amides is 1. The Kier molecular flexibility index (Phi) is 16.2. The van der Waals surface area contributed by atoms with Crippen molar-refractivity contribution in [2.75, 3.05) is 13.1 Å². The molecule has 0 aromatic carbocycles. The van der Waals surface area contributed by atoms with Gasteiger partial charge in [0.25, 0.3) is 0 Å². The van der Waals surface area contributed by atoms with Gasteiger partial charge in [0.15, 0.2) is 0 Å². The molecule has 4 nitrogen and oxygen atoms in total. The van der Waals surface area contributed by atoms with Crippen molar-refractivity contribution in [1.82, 2.24) is 4.90 Å². The summed E-state index contributed by atoms with van der Waals surface area (Å²) >= 11 is 0. The van der Waals surface area contributed by atoms with Crippen molar-refractivity contribution in [3.05, 3.63) is 12.2 Å². The molecule has 0 bridgehead atoms. The standard InChI is InChI=1S/C22H41NO3/c1-4-7-8-9-10-11-12-13-14-15-16-17-18-20(19-21(24)25)22(26)23(5-2)6-3/h13-14,20H,4-12,15-19H2,1-3H3,(H,24,25)/b14-13+. The van der Waals surface area contributed by atoms with Gasteiger partial charge < -0.3 is 10.0 Å². The van der Waals surface area contributed by atoms with Gasteiger partial charge in [0.05, 0.1) is 6.42 Å². The molecule has 0 aromatic rings. The van der Waals surface area contributed by atoms with E-state index < -0.39 is 5.97 Å². The third-order valence-corrected chi connectivity index (χ3v) is 4.91. The van der Waals surface area contributed by atoms with Crippen LogP contribution in [0.15, 0.2) is 12.2 Å². The van der Waals surface area contributed by atoms with E-state index >= 15 is 0 Å². The van der Waals surface area contributed by atoms with Crippen LogP contribution in [0.2, 0.25) is 0 Å². The Bertz CT molecular complexity index is 389. The largest absolute Gasteiger partial charge is 0.481 e. The highest BCUT2D eigenvalue weighted by molar-refractivity contribution is 5.83. The summed E-state index contributed by atoms with van der Waals surface area (Å²) in [4.78, 5) is 25.2. The molecule has 1 amide bonds. The lowest BCUT2D eigenvalue weighted by atomic mass is 9.96. The fraction of sp³-hybridized carbons (Fsp3) is 0.818. The molecule has 0 spiro atoms. The van der Waals surface area contributed by atoms with E-state index in [1.54, 1.807) is 4.90 Å². The number of hydrogen-bond acceptors (Lipinski definition) is 2. The molecule has 0 radical (unpaired) electrons. The molecule has 152 valence electrons. The van der Waals surface area contributed by atoms with Gasteiger partial charge in [-0.25, -0.2) is 0 Å². The van der Waals surface area contributed by atoms with Crippen LogP contribution >= 0.6 is 0 Å². The van der Waals surface area contributed by atoms with Gasteiger partial charge >= 0.3 is 5.97 Å². The van der Waals surface area contributed by atoms with Gasteiger partial charge in [-0.15, -0.1) is 0 Å². The van der Waals surface area contributed by atoms with Crippen LogP contribution in [0.4, 0.5) is 0 Å². The number of carbonyl (C=O) groups excluding carboxylic acids is 1. The Morgan fingerprint density at radius 1 is 0.846 bits per heavy atom. The molecule has 0 aliphatic heterocycles. The van der Waals surface area contributed by atoms with Crippen LogP contribution in [0, 0.1) is 5.92 Å². The normalized spacial score (nSPS) is 12.4. The third-order valence-electron chi connectivity index (χ3n) is 4.91. The summed E-state index contributed by atoms with van der Waals surface area (Å²) in [6.45, 7) is 7.41. The summed E-state index contributed by atoms with van der Waals surface area (Å²) in [5.41, 5.74) is 0. The predicted octanol–water partition coefficient (Wildman–Crippen LogP) is 5.81. The molecule has 0 heterocycles. The maximum absolute atomic E-state index is 12.4. The Morgan fingerprint density at radius 2 is 1.38 bits per heavy atom. The number of unbranched alkanes of at least 4 members (excludes halogenated alkanes) is 8. The number of hydrogen-bond donors (Lipinski definition) is 1. The first-order valence-corrected chi connectivity index (χ1v) is 10.7. The number of aliphatic carboxylic acids is 1. The van der Waals surface area contributed by atoms with Crippen molar-refractivity contribution in [2.45, 2.75) is 97.8 Å². The molecule has 0 aromatic heterocycles. The van der Waals surface area contributed by atoms with E-state index in [1.807, 2.05) is 13.8 Å². The number of carboxylic acid groups (broad SMARTS) is 1. The average Bonchev–Trinajstić information content (AvgIpc) is 2.62. The monoisotopic (exact) mass is 367 g/mol. The lowest BCUT2D eigenvalue weighted by molar-refractivity contribution is -0.144. The Morgan fingerprint density at radius 3 is 1.92 bits per heavy atom. The summed E-state index contributed by atoms with van der Waals surface area (Å²) in [5.74, 6) is -1.26. The Hall–Kier alpha value is -1.32. The quantitative estimate of drug-likeness (QED) is 0.260. The van der Waals surface area contributed by atoms with Crippen molar-refractivity contribution in [3.63, 3.8) is 0 Å². The van der Waals surface area contributed by atoms with Crippen molar-refractivity contribution in [2.24, 2.45) is 5.92 Å². The molecule has 0 rings (SSSR count). The maximum Gasteiger partial charge on any atom is 0.304 e. The molecule has 0 saturated carbocycles. The smallest absolute Gasteiger partial charge is 0.304 e. The maximum atomic E-state index is 12.4. The van der Waals surface area contributed by atoms with E-state index in [4.69, 9.17) is 5.11 Å². The van der Waals surface area contributed by atoms with Gasteiger partial charge in [0, 0.05) is 19.0 Å². The van der Waals surface area contributed by atoms with E-state index in [2.05, 4.69) is 19.1 Å². The van der Waals surface area contributed by atoms with Gasteiger partial charge in [-0.2, -0.15) is 0 Å².